The quantitative estimate of drug-likeness (QED) is 0.369. The Kier molecular flexibility index (Phi) is 7.71. The number of ketones is 1. The molecule has 1 heterocycles. The molecule has 0 fully saturated rings. The van der Waals surface area contributed by atoms with E-state index in [0.29, 0.717) is 28.5 Å². The SMILES string of the molecule is CC(C)C(=O)Nc1ccc(C(=O)C(C)OC(=O)CCc2ncc(-c3ccc(F)cc3)o2)cc1. The normalized spacial score (nSPS) is 11.8. The average Bonchev–Trinajstić information content (AvgIpc) is 3.27. The summed E-state index contributed by atoms with van der Waals surface area (Å²) in [6.07, 6.45) is 0.729. The lowest BCUT2D eigenvalue weighted by Gasteiger charge is -2.13. The van der Waals surface area contributed by atoms with Gasteiger partial charge in [-0.05, 0) is 55.5 Å². The van der Waals surface area contributed by atoms with Gasteiger partial charge in [-0.1, -0.05) is 13.8 Å². The fourth-order valence-corrected chi connectivity index (χ4v) is 2.93. The maximum Gasteiger partial charge on any atom is 0.307 e. The van der Waals surface area contributed by atoms with Crippen LogP contribution in [-0.2, 0) is 20.7 Å². The van der Waals surface area contributed by atoms with Crippen LogP contribution in [0.2, 0.25) is 0 Å². The molecule has 3 aromatic rings. The number of rotatable bonds is 9. The molecule has 1 amide bonds. The lowest BCUT2D eigenvalue weighted by atomic mass is 10.1. The molecule has 1 aromatic heterocycles. The molecule has 1 unspecified atom stereocenters. The summed E-state index contributed by atoms with van der Waals surface area (Å²) in [6.45, 7) is 5.08. The maximum atomic E-state index is 13.0. The second-order valence-electron chi connectivity index (χ2n) is 7.84. The summed E-state index contributed by atoms with van der Waals surface area (Å²) in [6, 6.07) is 12.2. The van der Waals surface area contributed by atoms with E-state index in [9.17, 15) is 18.8 Å². The van der Waals surface area contributed by atoms with Crippen molar-refractivity contribution in [1.29, 1.82) is 0 Å². The number of aromatic nitrogens is 1. The zero-order valence-corrected chi connectivity index (χ0v) is 18.6. The van der Waals surface area contributed by atoms with Crippen LogP contribution in [0.25, 0.3) is 11.3 Å². The van der Waals surface area contributed by atoms with Crippen LogP contribution < -0.4 is 5.32 Å². The molecule has 0 aliphatic rings. The first-order chi connectivity index (χ1) is 15.7. The van der Waals surface area contributed by atoms with E-state index in [2.05, 4.69) is 10.3 Å². The average molecular weight is 452 g/mol. The highest BCUT2D eigenvalue weighted by Crippen LogP contribution is 2.21. The van der Waals surface area contributed by atoms with Gasteiger partial charge in [0.1, 0.15) is 5.82 Å². The van der Waals surface area contributed by atoms with E-state index in [1.807, 2.05) is 0 Å². The second kappa shape index (κ2) is 10.7. The first kappa shape index (κ1) is 23.8. The van der Waals surface area contributed by atoms with Gasteiger partial charge in [0.05, 0.1) is 12.6 Å². The molecule has 8 heteroatoms. The minimum atomic E-state index is -0.965. The highest BCUT2D eigenvalue weighted by molar-refractivity contribution is 6.01. The summed E-state index contributed by atoms with van der Waals surface area (Å²) in [5.41, 5.74) is 1.63. The Bertz CT molecular complexity index is 1120. The van der Waals surface area contributed by atoms with Gasteiger partial charge < -0.3 is 14.5 Å². The summed E-state index contributed by atoms with van der Waals surface area (Å²) in [7, 11) is 0. The minimum Gasteiger partial charge on any atom is -0.454 e. The van der Waals surface area contributed by atoms with Gasteiger partial charge in [-0.15, -0.1) is 0 Å². The lowest BCUT2D eigenvalue weighted by Crippen LogP contribution is -2.24. The zero-order chi connectivity index (χ0) is 24.0. The summed E-state index contributed by atoms with van der Waals surface area (Å²) >= 11 is 0. The summed E-state index contributed by atoms with van der Waals surface area (Å²) in [5, 5.41) is 2.75. The Labute approximate surface area is 191 Å². The number of oxazole rings is 1. The van der Waals surface area contributed by atoms with Crippen molar-refractivity contribution in [2.45, 2.75) is 39.7 Å². The van der Waals surface area contributed by atoms with Crippen LogP contribution in [0.1, 0.15) is 43.4 Å². The molecule has 3 rings (SSSR count). The largest absolute Gasteiger partial charge is 0.454 e. The third-order valence-electron chi connectivity index (χ3n) is 4.86. The number of nitrogens with zero attached hydrogens (tertiary/aromatic N) is 1. The summed E-state index contributed by atoms with van der Waals surface area (Å²) in [4.78, 5) is 40.6. The Balaban J connectivity index is 1.49. The van der Waals surface area contributed by atoms with E-state index in [4.69, 9.17) is 9.15 Å². The molecule has 7 nitrogen and oxygen atoms in total. The summed E-state index contributed by atoms with van der Waals surface area (Å²) < 4.78 is 23.9. The number of hydrogen-bond acceptors (Lipinski definition) is 6. The number of nitrogens with one attached hydrogen (secondary N) is 1. The van der Waals surface area contributed by atoms with Gasteiger partial charge in [0, 0.05) is 29.2 Å². The Hall–Kier alpha value is -3.81. The number of benzene rings is 2. The molecule has 0 bridgehead atoms. The number of carbonyl (C=O) groups is 3. The molecule has 0 saturated carbocycles. The van der Waals surface area contributed by atoms with E-state index in [1.54, 1.807) is 50.2 Å². The molecule has 2 aromatic carbocycles. The van der Waals surface area contributed by atoms with E-state index < -0.39 is 12.1 Å². The Morgan fingerprint density at radius 3 is 2.33 bits per heavy atom. The fraction of sp³-hybridized carbons (Fsp3) is 0.280. The molecule has 172 valence electrons. The Morgan fingerprint density at radius 1 is 1.03 bits per heavy atom. The van der Waals surface area contributed by atoms with Crippen molar-refractivity contribution in [3.63, 3.8) is 0 Å². The van der Waals surface area contributed by atoms with Crippen molar-refractivity contribution in [3.05, 3.63) is 72.0 Å². The topological polar surface area (TPSA) is 98.5 Å². The van der Waals surface area contributed by atoms with Gasteiger partial charge in [0.15, 0.2) is 17.8 Å². The van der Waals surface area contributed by atoms with Crippen LogP contribution in [0.3, 0.4) is 0 Å². The first-order valence-electron chi connectivity index (χ1n) is 10.6. The number of hydrogen-bond donors (Lipinski definition) is 1. The van der Waals surface area contributed by atoms with Crippen molar-refractivity contribution >= 4 is 23.3 Å². The van der Waals surface area contributed by atoms with Crippen molar-refractivity contribution in [2.75, 3.05) is 5.32 Å². The predicted molar refractivity (Wildman–Crippen MR) is 120 cm³/mol. The van der Waals surface area contributed by atoms with Gasteiger partial charge in [0.2, 0.25) is 11.7 Å². The number of halogens is 1. The van der Waals surface area contributed by atoms with Gasteiger partial charge >= 0.3 is 5.97 Å². The first-order valence-corrected chi connectivity index (χ1v) is 10.6. The molecule has 0 radical (unpaired) electrons. The standard InChI is InChI=1S/C25H25FN2O5/c1-15(2)25(31)28-20-10-6-18(7-11-20)24(30)16(3)32-23(29)13-12-22-27-14-21(33-22)17-4-8-19(26)9-5-17/h4-11,14-16H,12-13H2,1-3H3,(H,28,31). The molecular formula is C25H25FN2O5. The molecule has 0 saturated heterocycles. The molecule has 33 heavy (non-hydrogen) atoms. The van der Waals surface area contributed by atoms with E-state index in [1.165, 1.54) is 25.3 Å². The van der Waals surface area contributed by atoms with Crippen molar-refractivity contribution in [1.82, 2.24) is 4.98 Å². The molecule has 1 atom stereocenters. The molecule has 0 spiro atoms. The third kappa shape index (κ3) is 6.58. The van der Waals surface area contributed by atoms with Crippen molar-refractivity contribution in [2.24, 2.45) is 5.92 Å². The number of anilines is 1. The van der Waals surface area contributed by atoms with Crippen LogP contribution in [-0.4, -0.2) is 28.7 Å². The monoisotopic (exact) mass is 452 g/mol. The number of amides is 1. The highest BCUT2D eigenvalue weighted by Gasteiger charge is 2.20. The second-order valence-corrected chi connectivity index (χ2v) is 7.84. The van der Waals surface area contributed by atoms with E-state index >= 15 is 0 Å². The highest BCUT2D eigenvalue weighted by atomic mass is 19.1. The molecule has 1 N–H and O–H groups in total. The van der Waals surface area contributed by atoms with Crippen LogP contribution in [0.15, 0.2) is 59.1 Å². The van der Waals surface area contributed by atoms with Gasteiger partial charge in [-0.3, -0.25) is 14.4 Å². The third-order valence-corrected chi connectivity index (χ3v) is 4.86. The number of esters is 1. The van der Waals surface area contributed by atoms with Gasteiger partial charge in [0.25, 0.3) is 0 Å². The maximum absolute atomic E-state index is 13.0. The van der Waals surface area contributed by atoms with Crippen LogP contribution in [0, 0.1) is 11.7 Å². The number of aryl methyl sites for hydroxylation is 1. The fourth-order valence-electron chi connectivity index (χ4n) is 2.93. The molecule has 0 aliphatic carbocycles. The number of carbonyl (C=O) groups excluding carboxylic acids is 3. The zero-order valence-electron chi connectivity index (χ0n) is 18.6. The van der Waals surface area contributed by atoms with Crippen molar-refractivity contribution < 1.29 is 27.9 Å². The summed E-state index contributed by atoms with van der Waals surface area (Å²) in [5.74, 6) is -0.722. The van der Waals surface area contributed by atoms with Gasteiger partial charge in [-0.2, -0.15) is 0 Å². The van der Waals surface area contributed by atoms with Crippen LogP contribution in [0.5, 0.6) is 0 Å². The number of Topliss-reactive ketones (excluding diaryl/α,β-unsaturated/α-hetero) is 1. The van der Waals surface area contributed by atoms with E-state index in [0.717, 1.165) is 0 Å². The van der Waals surface area contributed by atoms with Crippen LogP contribution in [0.4, 0.5) is 10.1 Å². The van der Waals surface area contributed by atoms with Crippen molar-refractivity contribution in [3.8, 4) is 11.3 Å². The minimum absolute atomic E-state index is 0.0127. The molecular weight excluding hydrogens is 427 g/mol. The predicted octanol–water partition coefficient (Wildman–Crippen LogP) is 4.82. The smallest absolute Gasteiger partial charge is 0.307 e. The molecule has 0 aliphatic heterocycles. The Morgan fingerprint density at radius 2 is 1.70 bits per heavy atom. The van der Waals surface area contributed by atoms with Crippen LogP contribution >= 0.6 is 0 Å². The number of ether oxygens (including phenoxy) is 1. The van der Waals surface area contributed by atoms with Gasteiger partial charge in [-0.25, -0.2) is 9.37 Å². The van der Waals surface area contributed by atoms with E-state index in [-0.39, 0.29) is 36.3 Å². The lowest BCUT2D eigenvalue weighted by molar-refractivity contribution is -0.146.